The monoisotopic (exact) mass is 391 g/mol. The first-order valence-corrected chi connectivity index (χ1v) is 8.36. The van der Waals surface area contributed by atoms with Gasteiger partial charge in [0.1, 0.15) is 6.04 Å². The third-order valence-corrected chi connectivity index (χ3v) is 4.33. The van der Waals surface area contributed by atoms with Gasteiger partial charge in [-0.1, -0.05) is 12.1 Å². The molecule has 0 saturated carbocycles. The Bertz CT molecular complexity index is 818. The molecule has 1 aliphatic rings. The van der Waals surface area contributed by atoms with Crippen molar-refractivity contribution in [3.05, 3.63) is 47.8 Å². The molecule has 1 atom stereocenters. The van der Waals surface area contributed by atoms with Crippen LogP contribution in [-0.4, -0.2) is 39.4 Å². The molecule has 2 aromatic rings. The van der Waals surface area contributed by atoms with Gasteiger partial charge in [-0.25, -0.2) is 0 Å². The summed E-state index contributed by atoms with van der Waals surface area (Å²) in [6, 6.07) is 6.60. The van der Waals surface area contributed by atoms with Crippen molar-refractivity contribution in [2.75, 3.05) is 12.4 Å². The predicted molar refractivity (Wildman–Crippen MR) is 102 cm³/mol. The van der Waals surface area contributed by atoms with E-state index in [4.69, 9.17) is 0 Å². The minimum Gasteiger partial charge on any atom is -0.324 e. The zero-order valence-electron chi connectivity index (χ0n) is 15.1. The fourth-order valence-corrected chi connectivity index (χ4v) is 2.93. The van der Waals surface area contributed by atoms with Crippen LogP contribution in [-0.2, 0) is 28.0 Å². The van der Waals surface area contributed by atoms with Crippen molar-refractivity contribution in [1.82, 2.24) is 20.0 Å². The van der Waals surface area contributed by atoms with Crippen molar-refractivity contribution in [2.24, 2.45) is 7.05 Å². The molecule has 8 nitrogen and oxygen atoms in total. The zero-order valence-corrected chi connectivity index (χ0v) is 16.0. The minimum absolute atomic E-state index is 0. The smallest absolute Gasteiger partial charge is 0.246 e. The number of rotatable bonds is 6. The average molecular weight is 392 g/mol. The van der Waals surface area contributed by atoms with Crippen molar-refractivity contribution in [1.29, 1.82) is 0 Å². The molecule has 1 saturated heterocycles. The summed E-state index contributed by atoms with van der Waals surface area (Å²) in [5.41, 5.74) is 2.25. The van der Waals surface area contributed by atoms with Crippen LogP contribution in [0.3, 0.4) is 0 Å². The molecule has 3 rings (SSSR count). The number of hydrogen-bond donors (Lipinski definition) is 2. The molecule has 3 amide bonds. The highest BCUT2D eigenvalue weighted by atomic mass is 35.5. The highest BCUT2D eigenvalue weighted by Gasteiger charge is 2.28. The highest BCUT2D eigenvalue weighted by molar-refractivity contribution is 6.01. The molecule has 0 bridgehead atoms. The molecule has 1 aliphatic heterocycles. The number of aromatic nitrogens is 2. The number of anilines is 1. The van der Waals surface area contributed by atoms with Crippen molar-refractivity contribution in [2.45, 2.75) is 25.4 Å². The maximum absolute atomic E-state index is 12.5. The number of amides is 3. The van der Waals surface area contributed by atoms with E-state index in [0.29, 0.717) is 5.69 Å². The number of carbonyl (C=O) groups excluding carboxylic acids is 3. The Kier molecular flexibility index (Phi) is 6.70. The van der Waals surface area contributed by atoms with Crippen LogP contribution in [0, 0.1) is 0 Å². The summed E-state index contributed by atoms with van der Waals surface area (Å²) in [6.07, 6.45) is 4.00. The van der Waals surface area contributed by atoms with E-state index in [0.717, 1.165) is 11.1 Å². The number of likely N-dealkylation sites (N-methyl/N-ethyl adjacent to an activating group) is 1. The normalized spacial score (nSPS) is 14.8. The quantitative estimate of drug-likeness (QED) is 0.725. The molecule has 27 heavy (non-hydrogen) atoms. The second-order valence-corrected chi connectivity index (χ2v) is 6.23. The average Bonchev–Trinajstić information content (AvgIpc) is 3.18. The summed E-state index contributed by atoms with van der Waals surface area (Å²) in [4.78, 5) is 37.1. The Morgan fingerprint density at radius 3 is 2.33 bits per heavy atom. The predicted octanol–water partition coefficient (Wildman–Crippen LogP) is 1.39. The van der Waals surface area contributed by atoms with Crippen molar-refractivity contribution in [3.63, 3.8) is 0 Å². The molecule has 0 aliphatic carbocycles. The van der Waals surface area contributed by atoms with E-state index in [1.54, 1.807) is 55.4 Å². The molecule has 1 aromatic heterocycles. The number of likely N-dealkylation sites (tertiary alicyclic amines) is 1. The number of nitrogens with one attached hydrogen (secondary N) is 2. The number of halogens is 1. The van der Waals surface area contributed by atoms with E-state index in [2.05, 4.69) is 15.7 Å². The molecule has 0 radical (unpaired) electrons. The van der Waals surface area contributed by atoms with Crippen LogP contribution < -0.4 is 10.6 Å². The van der Waals surface area contributed by atoms with Crippen LogP contribution in [0.5, 0.6) is 0 Å². The lowest BCUT2D eigenvalue weighted by molar-refractivity contribution is -0.139. The number of benzene rings is 1. The van der Waals surface area contributed by atoms with Gasteiger partial charge in [-0.2, -0.15) is 5.10 Å². The Morgan fingerprint density at radius 1 is 1.19 bits per heavy atom. The Balaban J connectivity index is 0.00000261. The third-order valence-electron chi connectivity index (χ3n) is 4.33. The molecule has 2 N–H and O–H groups in total. The Hall–Kier alpha value is -2.71. The molecule has 1 fully saturated rings. The van der Waals surface area contributed by atoms with Gasteiger partial charge in [0, 0.05) is 37.3 Å². The molecule has 0 spiro atoms. The van der Waals surface area contributed by atoms with Crippen LogP contribution in [0.15, 0.2) is 36.7 Å². The molecule has 144 valence electrons. The van der Waals surface area contributed by atoms with E-state index in [9.17, 15) is 14.4 Å². The highest BCUT2D eigenvalue weighted by Crippen LogP contribution is 2.19. The lowest BCUT2D eigenvalue weighted by Crippen LogP contribution is -2.30. The van der Waals surface area contributed by atoms with E-state index >= 15 is 0 Å². The molecule has 1 aromatic carbocycles. The first kappa shape index (κ1) is 20.6. The topological polar surface area (TPSA) is 96.3 Å². The number of nitrogens with zero attached hydrogens (tertiary/aromatic N) is 3. The van der Waals surface area contributed by atoms with Gasteiger partial charge in [-0.05, 0) is 24.7 Å². The minimum atomic E-state index is -0.511. The van der Waals surface area contributed by atoms with E-state index in [1.807, 2.05) is 0 Å². The van der Waals surface area contributed by atoms with E-state index in [-0.39, 0.29) is 49.5 Å². The molecule has 9 heteroatoms. The first-order valence-electron chi connectivity index (χ1n) is 8.36. The number of hydrogen-bond acceptors (Lipinski definition) is 5. The van der Waals surface area contributed by atoms with Gasteiger partial charge in [0.15, 0.2) is 0 Å². The van der Waals surface area contributed by atoms with Crippen LogP contribution in [0.4, 0.5) is 5.69 Å². The van der Waals surface area contributed by atoms with E-state index < -0.39 is 6.04 Å². The number of carbonyl (C=O) groups is 3. The van der Waals surface area contributed by atoms with Gasteiger partial charge in [-0.15, -0.1) is 12.4 Å². The van der Waals surface area contributed by atoms with Gasteiger partial charge in [-0.3, -0.25) is 24.0 Å². The van der Waals surface area contributed by atoms with Gasteiger partial charge in [0.2, 0.25) is 17.7 Å². The lowest BCUT2D eigenvalue weighted by Gasteiger charge is -2.16. The van der Waals surface area contributed by atoms with Crippen LogP contribution in [0.2, 0.25) is 0 Å². The fraction of sp³-hybridized carbons (Fsp3) is 0.333. The summed E-state index contributed by atoms with van der Waals surface area (Å²) in [6.45, 7) is 0.265. The summed E-state index contributed by atoms with van der Waals surface area (Å²) in [7, 11) is 3.51. The largest absolute Gasteiger partial charge is 0.324 e. The van der Waals surface area contributed by atoms with Gasteiger partial charge >= 0.3 is 0 Å². The Morgan fingerprint density at radius 2 is 1.81 bits per heavy atom. The molecular formula is C18H22ClN5O3. The van der Waals surface area contributed by atoms with Crippen molar-refractivity contribution in [3.8, 4) is 0 Å². The Labute approximate surface area is 163 Å². The third kappa shape index (κ3) is 4.72. The number of aryl methyl sites for hydroxylation is 1. The van der Waals surface area contributed by atoms with Gasteiger partial charge < -0.3 is 10.6 Å². The molecule has 1 unspecified atom stereocenters. The van der Waals surface area contributed by atoms with Crippen LogP contribution in [0.1, 0.15) is 30.0 Å². The van der Waals surface area contributed by atoms with Crippen molar-refractivity contribution >= 4 is 35.8 Å². The first-order chi connectivity index (χ1) is 12.5. The van der Waals surface area contributed by atoms with E-state index in [1.165, 1.54) is 4.90 Å². The standard InChI is InChI=1S/C18H21N5O3.ClH/c1-19-17(13-9-20-22(2)11-13)18(26)21-14-5-3-12(4-6-14)10-23-15(24)7-8-16(23)25;/h3-6,9,11,17,19H,7-8,10H2,1-2H3,(H,21,26);1H. The van der Waals surface area contributed by atoms with Crippen LogP contribution >= 0.6 is 12.4 Å². The summed E-state index contributed by atoms with van der Waals surface area (Å²) in [5.74, 6) is -0.473. The van der Waals surface area contributed by atoms with Crippen molar-refractivity contribution < 1.29 is 14.4 Å². The van der Waals surface area contributed by atoms with Gasteiger partial charge in [0.25, 0.3) is 0 Å². The van der Waals surface area contributed by atoms with Gasteiger partial charge in [0.05, 0.1) is 12.7 Å². The summed E-state index contributed by atoms with van der Waals surface area (Å²) >= 11 is 0. The zero-order chi connectivity index (χ0) is 18.7. The summed E-state index contributed by atoms with van der Waals surface area (Å²) < 4.78 is 1.64. The summed E-state index contributed by atoms with van der Waals surface area (Å²) in [5, 5.41) is 9.91. The maximum atomic E-state index is 12.5. The molecule has 2 heterocycles. The lowest BCUT2D eigenvalue weighted by atomic mass is 10.1. The SMILES string of the molecule is CNC(C(=O)Nc1ccc(CN2C(=O)CCC2=O)cc1)c1cnn(C)c1.Cl. The fourth-order valence-electron chi connectivity index (χ4n) is 2.93. The second kappa shape index (κ2) is 8.79. The van der Waals surface area contributed by atoms with Crippen LogP contribution in [0.25, 0.3) is 0 Å². The number of imide groups is 1. The molecular weight excluding hydrogens is 370 g/mol. The maximum Gasteiger partial charge on any atom is 0.246 e. The second-order valence-electron chi connectivity index (χ2n) is 6.23.